The third kappa shape index (κ3) is 2.36. The van der Waals surface area contributed by atoms with Crippen molar-refractivity contribution in [2.24, 2.45) is 0 Å². The van der Waals surface area contributed by atoms with Gasteiger partial charge in [0.05, 0.1) is 17.6 Å². The van der Waals surface area contributed by atoms with Gasteiger partial charge in [-0.15, -0.1) is 0 Å². The number of halogens is 1. The maximum absolute atomic E-state index is 10.9. The van der Waals surface area contributed by atoms with Gasteiger partial charge in [-0.2, -0.15) is 0 Å². The molecule has 0 unspecified atom stereocenters. The largest absolute Gasteiger partial charge is 0.490 e. The van der Waals surface area contributed by atoms with Gasteiger partial charge in [0.1, 0.15) is 0 Å². The summed E-state index contributed by atoms with van der Waals surface area (Å²) in [6, 6.07) is 4.92. The molecule has 0 aromatic heterocycles. The highest BCUT2D eigenvalue weighted by Gasteiger charge is 2.21. The van der Waals surface area contributed by atoms with Crippen molar-refractivity contribution in [3.8, 4) is 5.75 Å². The van der Waals surface area contributed by atoms with Crippen molar-refractivity contribution < 1.29 is 9.66 Å². The Hall–Kier alpha value is -1.36. The molecule has 0 bridgehead atoms. The van der Waals surface area contributed by atoms with Crippen molar-refractivity contribution in [2.75, 3.05) is 12.4 Å². The fourth-order valence-electron chi connectivity index (χ4n) is 1.23. The summed E-state index contributed by atoms with van der Waals surface area (Å²) >= 11 is 3.22. The molecule has 0 spiro atoms. The van der Waals surface area contributed by atoms with Gasteiger partial charge in [-0.3, -0.25) is 10.1 Å². The second kappa shape index (κ2) is 4.93. The summed E-state index contributed by atoms with van der Waals surface area (Å²) < 4.78 is 4.94. The first kappa shape index (κ1) is 11.7. The number of nitrogens with zero attached hydrogens (tertiary/aromatic N) is 1. The lowest BCUT2D eigenvalue weighted by Gasteiger charge is -2.07. The van der Waals surface area contributed by atoms with E-state index in [2.05, 4.69) is 22.5 Å². The number of allylic oxidation sites excluding steroid dienone is 1. The third-order valence-electron chi connectivity index (χ3n) is 1.94. The van der Waals surface area contributed by atoms with Crippen LogP contribution >= 0.6 is 15.9 Å². The monoisotopic (exact) mass is 271 g/mol. The molecule has 1 aromatic carbocycles. The second-order valence-electron chi connectivity index (χ2n) is 2.85. The molecule has 0 saturated heterocycles. The molecule has 0 heterocycles. The summed E-state index contributed by atoms with van der Waals surface area (Å²) in [5, 5.41) is 11.4. The number of nitro groups is 1. The number of methoxy groups -OCH3 is 1. The number of ether oxygens (including phenoxy) is 1. The molecule has 0 radical (unpaired) electrons. The maximum Gasteiger partial charge on any atom is 0.318 e. The summed E-state index contributed by atoms with van der Waals surface area (Å²) in [7, 11) is 1.41. The van der Waals surface area contributed by atoms with Gasteiger partial charge in [-0.25, -0.2) is 0 Å². The lowest BCUT2D eigenvalue weighted by atomic mass is 10.1. The molecular formula is C10H10BrNO3. The molecule has 0 N–H and O–H groups in total. The SMILES string of the molecule is C=C(CBr)c1cccc(OC)c1[N+](=O)[O-]. The Labute approximate surface area is 95.8 Å². The molecule has 15 heavy (non-hydrogen) atoms. The standard InChI is InChI=1S/C10H10BrNO3/c1-7(6-11)8-4-3-5-9(15-2)10(8)12(13)14/h3-5H,1,6H2,2H3. The van der Waals surface area contributed by atoms with Crippen molar-refractivity contribution in [3.63, 3.8) is 0 Å². The lowest BCUT2D eigenvalue weighted by Crippen LogP contribution is -1.98. The fraction of sp³-hybridized carbons (Fsp3) is 0.200. The van der Waals surface area contributed by atoms with E-state index in [1.807, 2.05) is 0 Å². The van der Waals surface area contributed by atoms with Crippen LogP contribution in [0.2, 0.25) is 0 Å². The summed E-state index contributed by atoms with van der Waals surface area (Å²) in [4.78, 5) is 10.4. The Morgan fingerprint density at radius 1 is 1.67 bits per heavy atom. The predicted octanol–water partition coefficient (Wildman–Crippen LogP) is 3.01. The smallest absolute Gasteiger partial charge is 0.318 e. The van der Waals surface area contributed by atoms with E-state index in [1.165, 1.54) is 7.11 Å². The molecule has 1 rings (SSSR count). The third-order valence-corrected chi connectivity index (χ3v) is 2.62. The number of hydrogen-bond donors (Lipinski definition) is 0. The van der Waals surface area contributed by atoms with Gasteiger partial charge in [-0.05, 0) is 17.7 Å². The van der Waals surface area contributed by atoms with Crippen LogP contribution in [0.3, 0.4) is 0 Å². The zero-order valence-electron chi connectivity index (χ0n) is 8.20. The quantitative estimate of drug-likeness (QED) is 0.481. The van der Waals surface area contributed by atoms with Crippen molar-refractivity contribution in [1.82, 2.24) is 0 Å². The van der Waals surface area contributed by atoms with Gasteiger partial charge in [0.25, 0.3) is 0 Å². The van der Waals surface area contributed by atoms with E-state index in [0.717, 1.165) is 0 Å². The molecule has 4 nitrogen and oxygen atoms in total. The average molecular weight is 272 g/mol. The van der Waals surface area contributed by atoms with Crippen LogP contribution in [0, 0.1) is 10.1 Å². The molecule has 0 saturated carbocycles. The number of nitro benzene ring substituents is 1. The summed E-state index contributed by atoms with van der Waals surface area (Å²) in [6.07, 6.45) is 0. The molecule has 0 atom stereocenters. The molecular weight excluding hydrogens is 262 g/mol. The molecule has 0 aliphatic carbocycles. The molecule has 80 valence electrons. The molecule has 1 aromatic rings. The summed E-state index contributed by atoms with van der Waals surface area (Å²) in [5.41, 5.74) is 1.11. The van der Waals surface area contributed by atoms with Crippen molar-refractivity contribution in [2.45, 2.75) is 0 Å². The molecule has 0 aliphatic heterocycles. The minimum Gasteiger partial charge on any atom is -0.490 e. The Morgan fingerprint density at radius 3 is 2.80 bits per heavy atom. The van der Waals surface area contributed by atoms with Crippen LogP contribution in [0.5, 0.6) is 5.75 Å². The van der Waals surface area contributed by atoms with Crippen LogP contribution in [0.1, 0.15) is 5.56 Å². The van der Waals surface area contributed by atoms with Crippen LogP contribution in [-0.2, 0) is 0 Å². The number of alkyl halides is 1. The zero-order chi connectivity index (χ0) is 11.4. The van der Waals surface area contributed by atoms with E-state index in [0.29, 0.717) is 16.5 Å². The van der Waals surface area contributed by atoms with Gasteiger partial charge in [-0.1, -0.05) is 28.6 Å². The van der Waals surface area contributed by atoms with Crippen LogP contribution < -0.4 is 4.74 Å². The topological polar surface area (TPSA) is 52.4 Å². The van der Waals surface area contributed by atoms with Gasteiger partial charge < -0.3 is 4.74 Å². The average Bonchev–Trinajstić information content (AvgIpc) is 2.26. The number of para-hydroxylation sites is 1. The summed E-state index contributed by atoms with van der Waals surface area (Å²) in [5.74, 6) is 0.250. The van der Waals surface area contributed by atoms with Gasteiger partial charge in [0.2, 0.25) is 0 Å². The lowest BCUT2D eigenvalue weighted by molar-refractivity contribution is -0.386. The van der Waals surface area contributed by atoms with E-state index in [9.17, 15) is 10.1 Å². The van der Waals surface area contributed by atoms with E-state index in [1.54, 1.807) is 18.2 Å². The molecule has 0 fully saturated rings. The van der Waals surface area contributed by atoms with E-state index >= 15 is 0 Å². The first-order valence-electron chi connectivity index (χ1n) is 4.17. The first-order chi connectivity index (χ1) is 7.11. The molecule has 0 aliphatic rings. The highest BCUT2D eigenvalue weighted by Crippen LogP contribution is 2.34. The van der Waals surface area contributed by atoms with Gasteiger partial charge in [0.15, 0.2) is 5.75 Å². The number of rotatable bonds is 4. The first-order valence-corrected chi connectivity index (χ1v) is 5.29. The van der Waals surface area contributed by atoms with E-state index in [4.69, 9.17) is 4.74 Å². The van der Waals surface area contributed by atoms with Gasteiger partial charge in [0, 0.05) is 5.33 Å². The van der Waals surface area contributed by atoms with Crippen molar-refractivity contribution >= 4 is 27.2 Å². The normalized spacial score (nSPS) is 9.73. The number of hydrogen-bond acceptors (Lipinski definition) is 3. The molecule has 5 heteroatoms. The minimum atomic E-state index is -0.456. The maximum atomic E-state index is 10.9. The molecule has 0 amide bonds. The van der Waals surface area contributed by atoms with Crippen molar-refractivity contribution in [3.05, 3.63) is 40.5 Å². The number of benzene rings is 1. The van der Waals surface area contributed by atoms with E-state index < -0.39 is 4.92 Å². The minimum absolute atomic E-state index is 0.0375. The fourth-order valence-corrected chi connectivity index (χ4v) is 1.53. The Balaban J connectivity index is 3.38. The van der Waals surface area contributed by atoms with Gasteiger partial charge >= 0.3 is 5.69 Å². The van der Waals surface area contributed by atoms with Crippen LogP contribution in [0.25, 0.3) is 5.57 Å². The predicted molar refractivity (Wildman–Crippen MR) is 62.5 cm³/mol. The van der Waals surface area contributed by atoms with Crippen LogP contribution in [-0.4, -0.2) is 17.4 Å². The van der Waals surface area contributed by atoms with Crippen molar-refractivity contribution in [1.29, 1.82) is 0 Å². The zero-order valence-corrected chi connectivity index (χ0v) is 9.78. The summed E-state index contributed by atoms with van der Waals surface area (Å²) in [6.45, 7) is 3.76. The van der Waals surface area contributed by atoms with Crippen LogP contribution in [0.15, 0.2) is 24.8 Å². The van der Waals surface area contributed by atoms with Crippen LogP contribution in [0.4, 0.5) is 5.69 Å². The highest BCUT2D eigenvalue weighted by atomic mass is 79.9. The Kier molecular flexibility index (Phi) is 3.85. The van der Waals surface area contributed by atoms with E-state index in [-0.39, 0.29) is 11.4 Å². The Bertz CT molecular complexity index is 404. The highest BCUT2D eigenvalue weighted by molar-refractivity contribution is 9.09. The Morgan fingerprint density at radius 2 is 2.33 bits per heavy atom. The second-order valence-corrected chi connectivity index (χ2v) is 3.41.